The summed E-state index contributed by atoms with van der Waals surface area (Å²) in [6, 6.07) is -3.00. The number of aryl methyl sites for hydroxylation is 1. The Labute approximate surface area is 147 Å². The van der Waals surface area contributed by atoms with Crippen LogP contribution in [0.1, 0.15) is 29.3 Å². The Morgan fingerprint density at radius 3 is 2.28 bits per heavy atom. The molecule has 1 aromatic rings. The van der Waals surface area contributed by atoms with Crippen molar-refractivity contribution in [1.29, 1.82) is 0 Å². The number of hydrogen-bond acceptors (Lipinski definition) is 7. The summed E-state index contributed by atoms with van der Waals surface area (Å²) >= 11 is 0. The summed E-state index contributed by atoms with van der Waals surface area (Å²) in [5.74, 6) is -5.39. The summed E-state index contributed by atoms with van der Waals surface area (Å²) in [6.45, 7) is 0.772. The maximum absolute atomic E-state index is 11.7. The number of carbonyl (C=O) groups is 3. The number of carboxylic acid groups (broad SMARTS) is 3. The van der Waals surface area contributed by atoms with Crippen LogP contribution < -0.4 is 5.32 Å². The highest BCUT2D eigenvalue weighted by Gasteiger charge is 2.61. The predicted octanol–water partition coefficient (Wildman–Crippen LogP) is -0.347. The highest BCUT2D eigenvalue weighted by molar-refractivity contribution is 6.01. The van der Waals surface area contributed by atoms with Gasteiger partial charge in [0.15, 0.2) is 5.41 Å². The van der Waals surface area contributed by atoms with Gasteiger partial charge in [0.05, 0.1) is 18.3 Å². The molecule has 0 spiro atoms. The number of pyridine rings is 1. The molecule has 2 heterocycles. The Hall–Kier alpha value is -2.43. The molecule has 25 heavy (non-hydrogen) atoms. The monoisotopic (exact) mass is 376 g/mol. The fraction of sp³-hybridized carbons (Fsp3) is 0.429. The van der Waals surface area contributed by atoms with Gasteiger partial charge in [-0.3, -0.25) is 24.7 Å². The van der Waals surface area contributed by atoms with Gasteiger partial charge in [-0.25, -0.2) is 0 Å². The number of aromatic hydroxyl groups is 1. The van der Waals surface area contributed by atoms with E-state index in [-0.39, 0.29) is 29.2 Å². The van der Waals surface area contributed by atoms with Gasteiger partial charge in [-0.2, -0.15) is 0 Å². The van der Waals surface area contributed by atoms with E-state index in [9.17, 15) is 34.8 Å². The highest BCUT2D eigenvalue weighted by atomic mass is 35.5. The van der Waals surface area contributed by atoms with Crippen LogP contribution in [-0.4, -0.2) is 54.5 Å². The molecule has 0 aliphatic carbocycles. The number of nitrogens with zero attached hydrogens (tertiary/aromatic N) is 1. The van der Waals surface area contributed by atoms with Crippen molar-refractivity contribution >= 4 is 30.3 Å². The molecule has 1 aliphatic heterocycles. The van der Waals surface area contributed by atoms with Crippen LogP contribution in [0.15, 0.2) is 6.20 Å². The standard InChI is InChI=1S/C14H16N2O8.ClH/c1-5-9(18)8(6(4-17)3-15-5)10-14(12(21)22,13(23)24)2-7(16-10)11(19)20;/h3,7,10,16-18H,2,4H2,1H3,(H,19,20)(H,21,22)(H,23,24);1H. The molecule has 6 N–H and O–H groups in total. The minimum Gasteiger partial charge on any atom is -0.506 e. The zero-order valence-corrected chi connectivity index (χ0v) is 13.8. The van der Waals surface area contributed by atoms with Crippen LogP contribution in [0.2, 0.25) is 0 Å². The lowest BCUT2D eigenvalue weighted by atomic mass is 9.75. The Morgan fingerprint density at radius 1 is 1.28 bits per heavy atom. The molecule has 11 heteroatoms. The first-order valence-corrected chi connectivity index (χ1v) is 6.90. The van der Waals surface area contributed by atoms with E-state index in [1.165, 1.54) is 13.1 Å². The zero-order chi connectivity index (χ0) is 18.2. The van der Waals surface area contributed by atoms with Crippen molar-refractivity contribution in [3.05, 3.63) is 23.0 Å². The molecule has 2 atom stereocenters. The second kappa shape index (κ2) is 7.21. The SMILES string of the molecule is Cc1ncc(CO)c(C2NC(C(=O)O)CC2(C(=O)O)C(=O)O)c1O.Cl. The Kier molecular flexibility index (Phi) is 5.95. The average Bonchev–Trinajstić information content (AvgIpc) is 2.91. The van der Waals surface area contributed by atoms with E-state index in [0.717, 1.165) is 0 Å². The van der Waals surface area contributed by atoms with Gasteiger partial charge in [-0.05, 0) is 6.92 Å². The molecule has 1 fully saturated rings. The van der Waals surface area contributed by atoms with Gasteiger partial charge in [0.2, 0.25) is 0 Å². The van der Waals surface area contributed by atoms with Crippen molar-refractivity contribution in [1.82, 2.24) is 10.3 Å². The van der Waals surface area contributed by atoms with Crippen molar-refractivity contribution < 1.29 is 39.9 Å². The van der Waals surface area contributed by atoms with Crippen LogP contribution in [0.4, 0.5) is 0 Å². The van der Waals surface area contributed by atoms with Crippen LogP contribution in [0, 0.1) is 12.3 Å². The van der Waals surface area contributed by atoms with Gasteiger partial charge in [0.1, 0.15) is 11.8 Å². The molecule has 138 valence electrons. The topological polar surface area (TPSA) is 177 Å². The molecule has 2 unspecified atom stereocenters. The van der Waals surface area contributed by atoms with E-state index >= 15 is 0 Å². The zero-order valence-electron chi connectivity index (χ0n) is 13.0. The fourth-order valence-corrected chi connectivity index (χ4v) is 2.94. The number of aliphatic carboxylic acids is 3. The van der Waals surface area contributed by atoms with Crippen LogP contribution in [0.3, 0.4) is 0 Å². The summed E-state index contributed by atoms with van der Waals surface area (Å²) in [4.78, 5) is 38.5. The molecular weight excluding hydrogens is 360 g/mol. The quantitative estimate of drug-likeness (QED) is 0.372. The first-order chi connectivity index (χ1) is 11.2. The molecule has 1 aliphatic rings. The van der Waals surface area contributed by atoms with Crippen molar-refractivity contribution in [2.24, 2.45) is 5.41 Å². The Morgan fingerprint density at radius 2 is 1.84 bits per heavy atom. The Balaban J connectivity index is 0.00000312. The van der Waals surface area contributed by atoms with Gasteiger partial charge in [0, 0.05) is 23.7 Å². The molecule has 0 amide bonds. The van der Waals surface area contributed by atoms with Crippen LogP contribution in [0.25, 0.3) is 0 Å². The number of hydrogen-bond donors (Lipinski definition) is 6. The number of nitrogens with one attached hydrogen (secondary N) is 1. The second-order valence-corrected chi connectivity index (χ2v) is 5.57. The van der Waals surface area contributed by atoms with Gasteiger partial charge < -0.3 is 25.5 Å². The summed E-state index contributed by atoms with van der Waals surface area (Å²) in [5, 5.41) is 50.3. The number of rotatable bonds is 5. The van der Waals surface area contributed by atoms with Gasteiger partial charge in [-0.1, -0.05) is 0 Å². The minimum absolute atomic E-state index is 0. The number of halogens is 1. The summed E-state index contributed by atoms with van der Waals surface area (Å²) in [7, 11) is 0. The van der Waals surface area contributed by atoms with Gasteiger partial charge in [-0.15, -0.1) is 12.4 Å². The average molecular weight is 377 g/mol. The van der Waals surface area contributed by atoms with Crippen LogP contribution in [0.5, 0.6) is 5.75 Å². The van der Waals surface area contributed by atoms with Gasteiger partial charge >= 0.3 is 17.9 Å². The molecule has 2 rings (SSSR count). The molecule has 1 aromatic heterocycles. The van der Waals surface area contributed by atoms with Crippen molar-refractivity contribution in [2.45, 2.75) is 32.0 Å². The first kappa shape index (κ1) is 20.6. The van der Waals surface area contributed by atoms with E-state index in [1.54, 1.807) is 0 Å². The van der Waals surface area contributed by atoms with E-state index < -0.39 is 54.2 Å². The molecule has 0 bridgehead atoms. The van der Waals surface area contributed by atoms with Crippen molar-refractivity contribution in [2.75, 3.05) is 0 Å². The summed E-state index contributed by atoms with van der Waals surface area (Å²) in [5.41, 5.74) is -2.60. The molecule has 0 aromatic carbocycles. The summed E-state index contributed by atoms with van der Waals surface area (Å²) < 4.78 is 0. The maximum Gasteiger partial charge on any atom is 0.323 e. The third-order valence-electron chi connectivity index (χ3n) is 4.26. The molecular formula is C14H17ClN2O8. The van der Waals surface area contributed by atoms with E-state index in [4.69, 9.17) is 5.11 Å². The molecule has 0 radical (unpaired) electrons. The number of aliphatic hydroxyl groups is 1. The fourth-order valence-electron chi connectivity index (χ4n) is 2.94. The third-order valence-corrected chi connectivity index (χ3v) is 4.26. The highest BCUT2D eigenvalue weighted by Crippen LogP contribution is 2.48. The number of aromatic nitrogens is 1. The Bertz CT molecular complexity index is 709. The predicted molar refractivity (Wildman–Crippen MR) is 83.4 cm³/mol. The van der Waals surface area contributed by atoms with Crippen LogP contribution >= 0.6 is 12.4 Å². The van der Waals surface area contributed by atoms with E-state index in [2.05, 4.69) is 10.3 Å². The lowest BCUT2D eigenvalue weighted by Crippen LogP contribution is -2.44. The van der Waals surface area contributed by atoms with E-state index in [0.29, 0.717) is 0 Å². The van der Waals surface area contributed by atoms with Crippen molar-refractivity contribution in [3.8, 4) is 5.75 Å². The largest absolute Gasteiger partial charge is 0.506 e. The minimum atomic E-state index is -2.52. The van der Waals surface area contributed by atoms with E-state index in [1.807, 2.05) is 0 Å². The summed E-state index contributed by atoms with van der Waals surface area (Å²) in [6.07, 6.45) is 0.456. The number of carboxylic acids is 3. The lowest BCUT2D eigenvalue weighted by Gasteiger charge is -2.28. The molecule has 0 saturated carbocycles. The molecule has 10 nitrogen and oxygen atoms in total. The van der Waals surface area contributed by atoms with Gasteiger partial charge in [0.25, 0.3) is 0 Å². The maximum atomic E-state index is 11.7. The lowest BCUT2D eigenvalue weighted by molar-refractivity contribution is -0.165. The smallest absolute Gasteiger partial charge is 0.323 e. The first-order valence-electron chi connectivity index (χ1n) is 6.90. The third kappa shape index (κ3) is 3.11. The van der Waals surface area contributed by atoms with Crippen molar-refractivity contribution in [3.63, 3.8) is 0 Å². The molecule has 1 saturated heterocycles. The normalized spacial score (nSPS) is 21.4. The number of aliphatic hydroxyl groups excluding tert-OH is 1. The van der Waals surface area contributed by atoms with Crippen LogP contribution in [-0.2, 0) is 21.0 Å². The second-order valence-electron chi connectivity index (χ2n) is 5.57.